The molecule has 2 bridgehead atoms. The fraction of sp³-hybridized carbons (Fsp3) is 0.654. The van der Waals surface area contributed by atoms with Crippen LogP contribution >= 0.6 is 27.7 Å². The summed E-state index contributed by atoms with van der Waals surface area (Å²) in [5.41, 5.74) is 2.66. The number of thioether (sulfide) groups is 1. The first-order valence-electron chi connectivity index (χ1n) is 12.4. The Bertz CT molecular complexity index is 1020. The maximum Gasteiger partial charge on any atom is 0.310 e. The van der Waals surface area contributed by atoms with Crippen LogP contribution in [-0.2, 0) is 19.1 Å². The third kappa shape index (κ3) is 4.21. The highest BCUT2D eigenvalue weighted by Gasteiger charge is 2.76. The average Bonchev–Trinajstić information content (AvgIpc) is 3.40. The normalized spacial score (nSPS) is 32.9. The van der Waals surface area contributed by atoms with Gasteiger partial charge in [-0.15, -0.1) is 11.8 Å². The number of anilines is 1. The lowest BCUT2D eigenvalue weighted by Gasteiger charge is -2.39. The van der Waals surface area contributed by atoms with Crippen LogP contribution in [0.3, 0.4) is 0 Å². The van der Waals surface area contributed by atoms with Crippen molar-refractivity contribution in [2.75, 3.05) is 18.5 Å². The highest BCUT2D eigenvalue weighted by molar-refractivity contribution is 9.09. The van der Waals surface area contributed by atoms with E-state index in [2.05, 4.69) is 21.2 Å². The van der Waals surface area contributed by atoms with Crippen LogP contribution < -0.4 is 5.32 Å². The number of likely N-dealkylation sites (tertiary alicyclic amines) is 1. The second-order valence-corrected chi connectivity index (χ2v) is 12.8. The number of ether oxygens (including phenoxy) is 1. The largest absolute Gasteiger partial charge is 0.466 e. The molecule has 0 radical (unpaired) electrons. The van der Waals surface area contributed by atoms with Crippen LogP contribution in [0.25, 0.3) is 0 Å². The molecule has 192 valence electrons. The van der Waals surface area contributed by atoms with Crippen molar-refractivity contribution in [2.24, 2.45) is 17.8 Å². The Balaban J connectivity index is 1.80. The van der Waals surface area contributed by atoms with E-state index < -0.39 is 28.7 Å². The van der Waals surface area contributed by atoms with Gasteiger partial charge in [0.15, 0.2) is 0 Å². The Morgan fingerprint density at radius 2 is 2.06 bits per heavy atom. The number of carbonyl (C=O) groups excluding carboxylic acids is 3. The van der Waals surface area contributed by atoms with Crippen molar-refractivity contribution in [3.8, 4) is 0 Å². The Morgan fingerprint density at radius 1 is 1.34 bits per heavy atom. The van der Waals surface area contributed by atoms with Crippen molar-refractivity contribution in [1.82, 2.24) is 4.90 Å². The number of rotatable bonds is 8. The van der Waals surface area contributed by atoms with E-state index in [9.17, 15) is 19.5 Å². The first kappa shape index (κ1) is 26.5. The average molecular weight is 568 g/mol. The maximum absolute atomic E-state index is 14.1. The smallest absolute Gasteiger partial charge is 0.310 e. The summed E-state index contributed by atoms with van der Waals surface area (Å²) in [5.74, 6) is -2.17. The van der Waals surface area contributed by atoms with E-state index in [1.165, 1.54) is 0 Å². The molecule has 7 nitrogen and oxygen atoms in total. The summed E-state index contributed by atoms with van der Waals surface area (Å²) in [7, 11) is 0. The second-order valence-electron chi connectivity index (χ2n) is 10.1. The molecule has 0 saturated carbocycles. The van der Waals surface area contributed by atoms with Gasteiger partial charge in [0, 0.05) is 15.8 Å². The summed E-state index contributed by atoms with van der Waals surface area (Å²) in [6, 6.07) is 4.55. The summed E-state index contributed by atoms with van der Waals surface area (Å²) in [6.07, 6.45) is 1.34. The minimum atomic E-state index is -0.805. The minimum absolute atomic E-state index is 0.0156. The van der Waals surface area contributed by atoms with E-state index in [1.807, 2.05) is 45.9 Å². The Kier molecular flexibility index (Phi) is 7.61. The van der Waals surface area contributed by atoms with Crippen molar-refractivity contribution in [1.29, 1.82) is 0 Å². The van der Waals surface area contributed by atoms with E-state index in [1.54, 1.807) is 23.6 Å². The zero-order chi connectivity index (χ0) is 25.7. The van der Waals surface area contributed by atoms with Crippen LogP contribution in [0.15, 0.2) is 18.2 Å². The molecular formula is C26H35BrN2O5S. The lowest BCUT2D eigenvalue weighted by molar-refractivity contribution is -0.154. The second kappa shape index (κ2) is 10.1. The van der Waals surface area contributed by atoms with Crippen molar-refractivity contribution in [3.63, 3.8) is 0 Å². The number of benzene rings is 1. The third-order valence-corrected chi connectivity index (χ3v) is 11.3. The van der Waals surface area contributed by atoms with Gasteiger partial charge in [-0.1, -0.05) is 48.3 Å². The molecule has 1 aromatic rings. The predicted molar refractivity (Wildman–Crippen MR) is 141 cm³/mol. The lowest BCUT2D eigenvalue weighted by Crippen LogP contribution is -2.56. The first-order valence-corrected chi connectivity index (χ1v) is 14.2. The summed E-state index contributed by atoms with van der Waals surface area (Å²) in [6.45, 7) is 9.65. The number of halogens is 1. The molecule has 1 aromatic carbocycles. The van der Waals surface area contributed by atoms with Crippen LogP contribution in [0.4, 0.5) is 5.69 Å². The van der Waals surface area contributed by atoms with Gasteiger partial charge in [-0.25, -0.2) is 0 Å². The monoisotopic (exact) mass is 566 g/mol. The lowest BCUT2D eigenvalue weighted by atomic mass is 9.71. The number of nitrogens with zero attached hydrogens (tertiary/aromatic N) is 1. The Labute approximate surface area is 219 Å². The maximum atomic E-state index is 14.1. The van der Waals surface area contributed by atoms with E-state index in [0.717, 1.165) is 17.5 Å². The zero-order valence-corrected chi connectivity index (χ0v) is 23.3. The number of alkyl halides is 1. The molecule has 3 fully saturated rings. The summed E-state index contributed by atoms with van der Waals surface area (Å²) in [4.78, 5) is 42.8. The highest BCUT2D eigenvalue weighted by atomic mass is 79.9. The number of fused-ring (bicyclic) bond motifs is 1. The number of hydrogen-bond donors (Lipinski definition) is 2. The zero-order valence-electron chi connectivity index (χ0n) is 20.9. The van der Waals surface area contributed by atoms with Crippen LogP contribution in [0.1, 0.15) is 44.7 Å². The molecule has 0 aliphatic carbocycles. The molecule has 3 aliphatic heterocycles. The van der Waals surface area contributed by atoms with E-state index in [0.29, 0.717) is 12.1 Å². The van der Waals surface area contributed by atoms with Crippen molar-refractivity contribution >= 4 is 51.2 Å². The standard InChI is InChI=1S/C26H35BrN2O5S/c1-6-14(4)18(12-30)29-22(23(31)28-17-10-13(3)8-9-15(17)5)26-11-16(27)21(35-26)19(20(26)24(29)32)25(33)34-7-2/h8-10,14,16,18-22,30H,6-7,11-12H2,1-5H3,(H,28,31)/t14-,16?,18-,19-,20-,21-,22?,26?/m0/s1. The van der Waals surface area contributed by atoms with Crippen LogP contribution in [-0.4, -0.2) is 67.9 Å². The van der Waals surface area contributed by atoms with Gasteiger partial charge in [0.05, 0.1) is 35.8 Å². The number of esters is 1. The van der Waals surface area contributed by atoms with Crippen LogP contribution in [0, 0.1) is 31.6 Å². The van der Waals surface area contributed by atoms with Gasteiger partial charge in [-0.05, 0) is 50.3 Å². The number of aryl methyl sites for hydroxylation is 2. The quantitative estimate of drug-likeness (QED) is 0.368. The van der Waals surface area contributed by atoms with E-state index in [4.69, 9.17) is 4.74 Å². The number of aliphatic hydroxyl groups excluding tert-OH is 1. The van der Waals surface area contributed by atoms with Gasteiger partial charge in [0.2, 0.25) is 11.8 Å². The minimum Gasteiger partial charge on any atom is -0.466 e. The fourth-order valence-corrected chi connectivity index (χ4v) is 9.71. The summed E-state index contributed by atoms with van der Waals surface area (Å²) < 4.78 is 4.63. The van der Waals surface area contributed by atoms with Gasteiger partial charge in [-0.2, -0.15) is 0 Å². The van der Waals surface area contributed by atoms with E-state index in [-0.39, 0.29) is 47.0 Å². The number of amides is 2. The molecule has 35 heavy (non-hydrogen) atoms. The molecule has 0 aromatic heterocycles. The SMILES string of the molecule is CCOC(=O)[C@H]1[C@H]2C(=O)N([C@@H](CO)[C@@H](C)CC)C(C(=O)Nc3cc(C)ccc3C)C23CC(Br)[C@@H]1S3. The number of carbonyl (C=O) groups is 3. The molecule has 1 spiro atoms. The molecule has 3 saturated heterocycles. The Morgan fingerprint density at radius 3 is 2.69 bits per heavy atom. The van der Waals surface area contributed by atoms with Gasteiger partial charge >= 0.3 is 5.97 Å². The van der Waals surface area contributed by atoms with Crippen molar-refractivity contribution in [2.45, 2.75) is 74.4 Å². The number of aliphatic hydroxyl groups is 1. The highest BCUT2D eigenvalue weighted by Crippen LogP contribution is 2.68. The van der Waals surface area contributed by atoms with Gasteiger partial charge in [-0.3, -0.25) is 14.4 Å². The van der Waals surface area contributed by atoms with Crippen molar-refractivity contribution in [3.05, 3.63) is 29.3 Å². The van der Waals surface area contributed by atoms with Gasteiger partial charge < -0.3 is 20.1 Å². The number of hydrogen-bond acceptors (Lipinski definition) is 6. The van der Waals surface area contributed by atoms with Gasteiger partial charge in [0.25, 0.3) is 0 Å². The molecule has 4 rings (SSSR count). The van der Waals surface area contributed by atoms with Crippen LogP contribution in [0.2, 0.25) is 0 Å². The molecule has 3 unspecified atom stereocenters. The molecule has 2 amide bonds. The summed E-state index contributed by atoms with van der Waals surface area (Å²) >= 11 is 5.32. The Hall–Kier alpha value is -1.58. The molecule has 3 heterocycles. The van der Waals surface area contributed by atoms with Crippen molar-refractivity contribution < 1.29 is 24.2 Å². The predicted octanol–water partition coefficient (Wildman–Crippen LogP) is 3.68. The molecule has 3 aliphatic rings. The molecule has 8 atom stereocenters. The molecule has 2 N–H and O–H groups in total. The fourth-order valence-electron chi connectivity index (χ4n) is 6.12. The van der Waals surface area contributed by atoms with Gasteiger partial charge in [0.1, 0.15) is 6.04 Å². The van der Waals surface area contributed by atoms with Crippen LogP contribution in [0.5, 0.6) is 0 Å². The topological polar surface area (TPSA) is 95.9 Å². The van der Waals surface area contributed by atoms with E-state index >= 15 is 0 Å². The molecular weight excluding hydrogens is 532 g/mol. The number of nitrogens with one attached hydrogen (secondary N) is 1. The molecule has 9 heteroatoms. The first-order chi connectivity index (χ1) is 16.6. The summed E-state index contributed by atoms with van der Waals surface area (Å²) in [5, 5.41) is 13.3. The third-order valence-electron chi connectivity index (χ3n) is 8.03.